The van der Waals surface area contributed by atoms with Gasteiger partial charge in [-0.3, -0.25) is 0 Å². The van der Waals surface area contributed by atoms with E-state index in [1.54, 1.807) is 33.4 Å². The van der Waals surface area contributed by atoms with Crippen LogP contribution in [0.5, 0.6) is 5.75 Å². The number of methoxy groups -OCH3 is 1. The highest BCUT2D eigenvalue weighted by atomic mass is 16.6. The number of nitrogens with zero attached hydrogens (tertiary/aromatic N) is 4. The number of carbonyl (C=O) groups excluding carboxylic acids is 1. The molecule has 3 heterocycles. The number of amides is 1. The van der Waals surface area contributed by atoms with Gasteiger partial charge >= 0.3 is 6.09 Å². The van der Waals surface area contributed by atoms with Gasteiger partial charge in [-0.25, -0.2) is 14.8 Å². The van der Waals surface area contributed by atoms with Crippen LogP contribution in [0.15, 0.2) is 42.7 Å². The number of aromatic nitrogens is 2. The first-order valence-electron chi connectivity index (χ1n) is 11.2. The van der Waals surface area contributed by atoms with Crippen molar-refractivity contribution in [3.05, 3.63) is 48.3 Å². The highest BCUT2D eigenvalue weighted by Crippen LogP contribution is 2.41. The number of aliphatic hydroxyl groups is 1. The standard InChI is InChI=1S/C24H32N4O4/c1-23(2,30)17-24(18-8-5-4-6-9-18)11-13-28(22(29)32-24)19-10-7-12-27(16-19)21-25-14-20(31-3)15-26-21/h4-6,8-9,14-15,19,30H,7,10-13,16-17H2,1-3H3/t19-,24-/m0/s1. The van der Waals surface area contributed by atoms with Crippen LogP contribution in [-0.2, 0) is 10.3 Å². The lowest BCUT2D eigenvalue weighted by Crippen LogP contribution is -2.57. The second kappa shape index (κ2) is 8.94. The number of carbonyl (C=O) groups is 1. The fraction of sp³-hybridized carbons (Fsp3) is 0.542. The number of anilines is 1. The van der Waals surface area contributed by atoms with Crippen molar-refractivity contribution in [1.29, 1.82) is 0 Å². The predicted molar refractivity (Wildman–Crippen MR) is 121 cm³/mol. The lowest BCUT2D eigenvalue weighted by Gasteiger charge is -2.47. The minimum absolute atomic E-state index is 0.0258. The van der Waals surface area contributed by atoms with Crippen LogP contribution in [0.1, 0.15) is 45.1 Å². The smallest absolute Gasteiger partial charge is 0.410 e. The van der Waals surface area contributed by atoms with Gasteiger partial charge in [0.2, 0.25) is 5.95 Å². The largest absolute Gasteiger partial charge is 0.494 e. The molecule has 0 bridgehead atoms. The van der Waals surface area contributed by atoms with Gasteiger partial charge in [0.1, 0.15) is 5.60 Å². The summed E-state index contributed by atoms with van der Waals surface area (Å²) in [5.74, 6) is 1.26. The fourth-order valence-corrected chi connectivity index (χ4v) is 4.84. The molecule has 2 aromatic rings. The molecule has 0 spiro atoms. The summed E-state index contributed by atoms with van der Waals surface area (Å²) >= 11 is 0. The second-order valence-corrected chi connectivity index (χ2v) is 9.33. The maximum absolute atomic E-state index is 13.3. The molecule has 0 aliphatic carbocycles. The van der Waals surface area contributed by atoms with E-state index >= 15 is 0 Å². The quantitative estimate of drug-likeness (QED) is 0.737. The third kappa shape index (κ3) is 4.80. The van der Waals surface area contributed by atoms with Crippen LogP contribution >= 0.6 is 0 Å². The molecule has 0 unspecified atom stereocenters. The summed E-state index contributed by atoms with van der Waals surface area (Å²) in [4.78, 5) is 26.0. The van der Waals surface area contributed by atoms with Gasteiger partial charge in [-0.1, -0.05) is 30.3 Å². The molecule has 8 nitrogen and oxygen atoms in total. The highest BCUT2D eigenvalue weighted by molar-refractivity contribution is 5.70. The first kappa shape index (κ1) is 22.3. The third-order valence-electron chi connectivity index (χ3n) is 6.26. The van der Waals surface area contributed by atoms with E-state index in [0.717, 1.165) is 24.9 Å². The Morgan fingerprint density at radius 1 is 1.22 bits per heavy atom. The lowest BCUT2D eigenvalue weighted by atomic mass is 9.80. The molecule has 2 fully saturated rings. The van der Waals surface area contributed by atoms with Crippen LogP contribution < -0.4 is 9.64 Å². The Morgan fingerprint density at radius 3 is 2.56 bits per heavy atom. The van der Waals surface area contributed by atoms with E-state index in [2.05, 4.69) is 14.9 Å². The Bertz CT molecular complexity index is 916. The van der Waals surface area contributed by atoms with Crippen molar-refractivity contribution in [1.82, 2.24) is 14.9 Å². The molecule has 1 aromatic heterocycles. The van der Waals surface area contributed by atoms with E-state index in [1.807, 2.05) is 35.2 Å². The van der Waals surface area contributed by atoms with Gasteiger partial charge in [0.15, 0.2) is 5.75 Å². The molecular weight excluding hydrogens is 408 g/mol. The van der Waals surface area contributed by atoms with Gasteiger partial charge in [0.05, 0.1) is 31.1 Å². The summed E-state index contributed by atoms with van der Waals surface area (Å²) in [5.41, 5.74) is -0.876. The first-order valence-corrected chi connectivity index (χ1v) is 11.2. The Morgan fingerprint density at radius 2 is 1.94 bits per heavy atom. The number of cyclic esters (lactones) is 1. The van der Waals surface area contributed by atoms with E-state index in [4.69, 9.17) is 9.47 Å². The zero-order chi connectivity index (χ0) is 22.8. The summed E-state index contributed by atoms with van der Waals surface area (Å²) in [6, 6.07) is 9.79. The van der Waals surface area contributed by atoms with Gasteiger partial charge in [-0.05, 0) is 32.3 Å². The van der Waals surface area contributed by atoms with Gasteiger partial charge in [0, 0.05) is 32.5 Å². The van der Waals surface area contributed by atoms with E-state index in [1.165, 1.54) is 0 Å². The van der Waals surface area contributed by atoms with Gasteiger partial charge in [0.25, 0.3) is 0 Å². The maximum atomic E-state index is 13.3. The predicted octanol–water partition coefficient (Wildman–Crippen LogP) is 3.35. The monoisotopic (exact) mass is 440 g/mol. The highest BCUT2D eigenvalue weighted by Gasteiger charge is 2.47. The maximum Gasteiger partial charge on any atom is 0.410 e. The summed E-state index contributed by atoms with van der Waals surface area (Å²) in [7, 11) is 1.59. The molecule has 2 atom stereocenters. The minimum Gasteiger partial charge on any atom is -0.494 e. The molecule has 32 heavy (non-hydrogen) atoms. The van der Waals surface area contributed by atoms with Crippen LogP contribution in [0, 0.1) is 0 Å². The van der Waals surface area contributed by atoms with Gasteiger partial charge in [-0.15, -0.1) is 0 Å². The van der Waals surface area contributed by atoms with Crippen molar-refractivity contribution >= 4 is 12.0 Å². The average molecular weight is 441 g/mol. The van der Waals surface area contributed by atoms with E-state index in [-0.39, 0.29) is 12.1 Å². The van der Waals surface area contributed by atoms with Gasteiger partial charge < -0.3 is 24.4 Å². The molecular formula is C24H32N4O4. The molecule has 4 rings (SSSR count). The molecule has 2 saturated heterocycles. The van der Waals surface area contributed by atoms with Crippen molar-refractivity contribution in [2.24, 2.45) is 0 Å². The van der Waals surface area contributed by atoms with Gasteiger partial charge in [-0.2, -0.15) is 0 Å². The van der Waals surface area contributed by atoms with E-state index in [9.17, 15) is 9.90 Å². The van der Waals surface area contributed by atoms with Crippen LogP contribution in [0.2, 0.25) is 0 Å². The molecule has 1 N–H and O–H groups in total. The summed E-state index contributed by atoms with van der Waals surface area (Å²) < 4.78 is 11.3. The first-order chi connectivity index (χ1) is 15.3. The molecule has 2 aliphatic heterocycles. The van der Waals surface area contributed by atoms with E-state index < -0.39 is 11.2 Å². The van der Waals surface area contributed by atoms with Crippen molar-refractivity contribution in [2.75, 3.05) is 31.6 Å². The molecule has 1 amide bonds. The van der Waals surface area contributed by atoms with Crippen LogP contribution in [0.25, 0.3) is 0 Å². The Balaban J connectivity index is 1.49. The Hall–Kier alpha value is -2.87. The van der Waals surface area contributed by atoms with Crippen LogP contribution in [0.3, 0.4) is 0 Å². The minimum atomic E-state index is -0.967. The molecule has 0 saturated carbocycles. The second-order valence-electron chi connectivity index (χ2n) is 9.33. The normalized spacial score (nSPS) is 24.2. The number of ether oxygens (including phenoxy) is 2. The van der Waals surface area contributed by atoms with Crippen LogP contribution in [-0.4, -0.2) is 64.5 Å². The Kier molecular flexibility index (Phi) is 6.24. The fourth-order valence-electron chi connectivity index (χ4n) is 4.84. The Labute approximate surface area is 189 Å². The number of hydrogen-bond donors (Lipinski definition) is 1. The van der Waals surface area contributed by atoms with Crippen molar-refractivity contribution < 1.29 is 19.4 Å². The number of benzene rings is 1. The zero-order valence-electron chi connectivity index (χ0n) is 19.0. The lowest BCUT2D eigenvalue weighted by molar-refractivity contribution is -0.102. The van der Waals surface area contributed by atoms with Crippen molar-refractivity contribution in [3.63, 3.8) is 0 Å². The summed E-state index contributed by atoms with van der Waals surface area (Å²) in [6.07, 6.45) is 5.82. The third-order valence-corrected chi connectivity index (χ3v) is 6.26. The number of piperidine rings is 1. The molecule has 172 valence electrons. The average Bonchev–Trinajstić information content (AvgIpc) is 2.79. The van der Waals surface area contributed by atoms with E-state index in [0.29, 0.717) is 37.6 Å². The summed E-state index contributed by atoms with van der Waals surface area (Å²) in [6.45, 7) is 5.59. The van der Waals surface area contributed by atoms with Crippen molar-refractivity contribution in [2.45, 2.75) is 56.8 Å². The SMILES string of the molecule is COc1cnc(N2CCC[C@H](N3CC[C@](CC(C)(C)O)(c4ccccc4)OC3=O)C2)nc1. The zero-order valence-corrected chi connectivity index (χ0v) is 19.0. The topological polar surface area (TPSA) is 88.0 Å². The summed E-state index contributed by atoms with van der Waals surface area (Å²) in [5, 5.41) is 10.6. The molecule has 2 aliphatic rings. The van der Waals surface area contributed by atoms with Crippen molar-refractivity contribution in [3.8, 4) is 5.75 Å². The molecule has 0 radical (unpaired) electrons. The van der Waals surface area contributed by atoms with Crippen LogP contribution in [0.4, 0.5) is 10.7 Å². The molecule has 1 aromatic carbocycles. The number of rotatable bonds is 6. The number of hydrogen-bond acceptors (Lipinski definition) is 7. The molecule has 8 heteroatoms.